The van der Waals surface area contributed by atoms with Crippen LogP contribution in [0.25, 0.3) is 11.3 Å². The molecule has 0 unspecified atom stereocenters. The molecule has 2 amide bonds. The largest absolute Gasteiger partial charge is 0.497 e. The number of aromatic nitrogens is 2. The zero-order valence-corrected chi connectivity index (χ0v) is 24.2. The van der Waals surface area contributed by atoms with E-state index >= 15 is 0 Å². The number of aliphatic hydroxyl groups excluding tert-OH is 1. The van der Waals surface area contributed by atoms with Crippen molar-refractivity contribution in [1.82, 2.24) is 20.2 Å². The highest BCUT2D eigenvalue weighted by Gasteiger charge is 2.35. The number of carbonyl (C=O) groups excluding carboxylic acids is 2. The summed E-state index contributed by atoms with van der Waals surface area (Å²) in [6.07, 6.45) is 3.27. The maximum Gasteiger partial charge on any atom is 0.255 e. The zero-order chi connectivity index (χ0) is 29.1. The molecule has 0 aliphatic carbocycles. The lowest BCUT2D eigenvalue weighted by Crippen LogP contribution is -2.46. The molecule has 2 aliphatic heterocycles. The Morgan fingerprint density at radius 2 is 1.98 bits per heavy atom. The lowest BCUT2D eigenvalue weighted by Gasteiger charge is -2.26. The van der Waals surface area contributed by atoms with Crippen molar-refractivity contribution in [1.29, 1.82) is 0 Å². The number of halogens is 2. The lowest BCUT2D eigenvalue weighted by molar-refractivity contribution is -0.126. The van der Waals surface area contributed by atoms with Gasteiger partial charge in [-0.15, -0.1) is 0 Å². The Hall–Kier alpha value is -3.44. The molecule has 1 aromatic heterocycles. The summed E-state index contributed by atoms with van der Waals surface area (Å²) in [4.78, 5) is 37.1. The second-order valence-electron chi connectivity index (χ2n) is 10.0. The summed E-state index contributed by atoms with van der Waals surface area (Å²) in [7, 11) is 1.52. The summed E-state index contributed by atoms with van der Waals surface area (Å²) in [6, 6.07) is 9.08. The zero-order valence-electron chi connectivity index (χ0n) is 22.7. The summed E-state index contributed by atoms with van der Waals surface area (Å²) >= 11 is 12.8. The van der Waals surface area contributed by atoms with Crippen LogP contribution in [0.1, 0.15) is 47.3 Å². The van der Waals surface area contributed by atoms with Crippen molar-refractivity contribution in [2.45, 2.75) is 44.4 Å². The van der Waals surface area contributed by atoms with Gasteiger partial charge in [0.2, 0.25) is 11.9 Å². The number of benzene rings is 2. The molecule has 10 nitrogen and oxygen atoms in total. The van der Waals surface area contributed by atoms with Crippen LogP contribution in [0.5, 0.6) is 5.75 Å². The van der Waals surface area contributed by atoms with Gasteiger partial charge in [-0.25, -0.2) is 9.97 Å². The van der Waals surface area contributed by atoms with E-state index in [4.69, 9.17) is 32.7 Å². The van der Waals surface area contributed by atoms with Crippen LogP contribution in [0, 0.1) is 0 Å². The van der Waals surface area contributed by atoms with Gasteiger partial charge < -0.3 is 30.1 Å². The van der Waals surface area contributed by atoms with Gasteiger partial charge in [0.05, 0.1) is 36.7 Å². The van der Waals surface area contributed by atoms with Gasteiger partial charge in [-0.2, -0.15) is 0 Å². The average Bonchev–Trinajstić information content (AvgIpc) is 3.32. The van der Waals surface area contributed by atoms with Gasteiger partial charge in [-0.05, 0) is 55.2 Å². The van der Waals surface area contributed by atoms with Crippen molar-refractivity contribution in [3.05, 3.63) is 69.3 Å². The van der Waals surface area contributed by atoms with Crippen LogP contribution >= 0.6 is 23.2 Å². The van der Waals surface area contributed by atoms with Crippen LogP contribution in [0.3, 0.4) is 0 Å². The molecule has 1 saturated heterocycles. The van der Waals surface area contributed by atoms with E-state index in [9.17, 15) is 14.7 Å². The number of fused-ring (bicyclic) bond motifs is 1. The highest BCUT2D eigenvalue weighted by atomic mass is 35.5. The Labute approximate surface area is 248 Å². The number of ether oxygens (including phenoxy) is 2. The number of anilines is 1. The number of hydrogen-bond donors (Lipinski definition) is 3. The quantitative estimate of drug-likeness (QED) is 0.333. The standard InChI is InChI=1S/C29H31Cl2N5O5/c1-16(27(38)34-25(15-37)22-12-20(40-2)5-6-23(22)30)36-14-18-4-3-17(11-21(18)28(36)39)26-24(31)13-32-29(35-26)33-19-7-9-41-10-8-19/h3-6,11-13,16,19,25,37H,7-10,14-15H2,1-2H3,(H,34,38)(H,32,33,35)/t16-,25-/m1/s1. The predicted octanol–water partition coefficient (Wildman–Crippen LogP) is 4.24. The van der Waals surface area contributed by atoms with Gasteiger partial charge in [0.25, 0.3) is 5.91 Å². The lowest BCUT2D eigenvalue weighted by atomic mass is 10.0. The number of rotatable bonds is 9. The minimum Gasteiger partial charge on any atom is -0.497 e. The Kier molecular flexibility index (Phi) is 8.94. The fraction of sp³-hybridized carbons (Fsp3) is 0.379. The first-order chi connectivity index (χ1) is 19.8. The van der Waals surface area contributed by atoms with E-state index in [-0.39, 0.29) is 25.1 Å². The van der Waals surface area contributed by atoms with Gasteiger partial charge in [-0.1, -0.05) is 35.3 Å². The fourth-order valence-corrected chi connectivity index (χ4v) is 5.47. The smallest absolute Gasteiger partial charge is 0.255 e. The Morgan fingerprint density at radius 3 is 2.71 bits per heavy atom. The van der Waals surface area contributed by atoms with Crippen LogP contribution in [-0.2, 0) is 16.1 Å². The SMILES string of the molecule is COc1ccc(Cl)c([C@@H](CO)NC(=O)[C@@H](C)N2Cc3ccc(-c4nc(NC5CCOCC5)ncc4Cl)cc3C2=O)c1. The molecule has 12 heteroatoms. The number of hydrogen-bond acceptors (Lipinski definition) is 8. The van der Waals surface area contributed by atoms with Crippen LogP contribution in [0.15, 0.2) is 42.6 Å². The molecule has 2 aromatic carbocycles. The topological polar surface area (TPSA) is 126 Å². The third kappa shape index (κ3) is 6.25. The average molecular weight is 601 g/mol. The molecule has 41 heavy (non-hydrogen) atoms. The van der Waals surface area contributed by atoms with Gasteiger partial charge in [0.1, 0.15) is 11.8 Å². The van der Waals surface area contributed by atoms with Crippen LogP contribution in [0.4, 0.5) is 5.95 Å². The van der Waals surface area contributed by atoms with Gasteiger partial charge in [-0.3, -0.25) is 9.59 Å². The van der Waals surface area contributed by atoms with E-state index in [0.717, 1.165) is 18.4 Å². The van der Waals surface area contributed by atoms with Crippen LogP contribution in [0.2, 0.25) is 10.0 Å². The van der Waals surface area contributed by atoms with E-state index in [2.05, 4.69) is 20.6 Å². The number of nitrogens with zero attached hydrogens (tertiary/aromatic N) is 3. The molecule has 0 radical (unpaired) electrons. The van der Waals surface area contributed by atoms with Crippen molar-refractivity contribution in [3.8, 4) is 17.0 Å². The first-order valence-corrected chi connectivity index (χ1v) is 14.1. The van der Waals surface area contributed by atoms with Crippen molar-refractivity contribution in [2.24, 2.45) is 0 Å². The number of aliphatic hydroxyl groups is 1. The van der Waals surface area contributed by atoms with Gasteiger partial charge in [0.15, 0.2) is 0 Å². The summed E-state index contributed by atoms with van der Waals surface area (Å²) in [5, 5.41) is 16.9. The maximum absolute atomic E-state index is 13.5. The molecule has 3 N–H and O–H groups in total. The maximum atomic E-state index is 13.5. The first-order valence-electron chi connectivity index (χ1n) is 13.3. The van der Waals surface area contributed by atoms with Crippen LogP contribution < -0.4 is 15.4 Å². The molecule has 2 aliphatic rings. The Balaban J connectivity index is 1.31. The summed E-state index contributed by atoms with van der Waals surface area (Å²) in [5.41, 5.74) is 2.97. The van der Waals surface area contributed by atoms with E-state index in [1.165, 1.54) is 12.0 Å². The summed E-state index contributed by atoms with van der Waals surface area (Å²) in [5.74, 6) is 0.299. The van der Waals surface area contributed by atoms with Crippen molar-refractivity contribution >= 4 is 41.0 Å². The second kappa shape index (κ2) is 12.6. The molecular formula is C29H31Cl2N5O5. The summed E-state index contributed by atoms with van der Waals surface area (Å²) < 4.78 is 10.7. The monoisotopic (exact) mass is 599 g/mol. The fourth-order valence-electron chi connectivity index (χ4n) is 5.02. The number of nitrogens with one attached hydrogen (secondary N) is 2. The number of carbonyl (C=O) groups is 2. The Bertz CT molecular complexity index is 1450. The number of methoxy groups -OCH3 is 1. The Morgan fingerprint density at radius 1 is 1.20 bits per heavy atom. The second-order valence-corrected chi connectivity index (χ2v) is 10.8. The molecule has 5 rings (SSSR count). The summed E-state index contributed by atoms with van der Waals surface area (Å²) in [6.45, 7) is 2.91. The number of amides is 2. The minimum atomic E-state index is -0.810. The van der Waals surface area contributed by atoms with E-state index < -0.39 is 18.0 Å². The van der Waals surface area contributed by atoms with Crippen molar-refractivity contribution in [2.75, 3.05) is 32.2 Å². The minimum absolute atomic E-state index is 0.214. The highest BCUT2D eigenvalue weighted by Crippen LogP contribution is 2.33. The van der Waals surface area contributed by atoms with Gasteiger partial charge in [0, 0.05) is 41.9 Å². The molecule has 3 heterocycles. The van der Waals surface area contributed by atoms with Crippen molar-refractivity contribution < 1.29 is 24.2 Å². The first kappa shape index (κ1) is 29.1. The molecule has 0 bridgehead atoms. The molecule has 0 spiro atoms. The van der Waals surface area contributed by atoms with E-state index in [0.29, 0.717) is 57.3 Å². The van der Waals surface area contributed by atoms with E-state index in [1.54, 1.807) is 37.4 Å². The van der Waals surface area contributed by atoms with E-state index in [1.807, 2.05) is 12.1 Å². The third-order valence-electron chi connectivity index (χ3n) is 7.44. The van der Waals surface area contributed by atoms with Crippen molar-refractivity contribution in [3.63, 3.8) is 0 Å². The molecule has 3 aromatic rings. The third-order valence-corrected chi connectivity index (χ3v) is 8.06. The molecule has 1 fully saturated rings. The predicted molar refractivity (Wildman–Crippen MR) is 155 cm³/mol. The molecule has 2 atom stereocenters. The normalized spacial score (nSPS) is 16.7. The highest BCUT2D eigenvalue weighted by molar-refractivity contribution is 6.33. The van der Waals surface area contributed by atoms with Crippen LogP contribution in [-0.4, -0.2) is 70.8 Å². The van der Waals surface area contributed by atoms with Gasteiger partial charge >= 0.3 is 0 Å². The molecule has 216 valence electrons. The molecule has 0 saturated carbocycles. The molecular weight excluding hydrogens is 569 g/mol.